The molecule has 0 amide bonds. The second kappa shape index (κ2) is 7.34. The summed E-state index contributed by atoms with van der Waals surface area (Å²) < 4.78 is 6.72. The number of nitrogens with zero attached hydrogens (tertiary/aromatic N) is 1. The van der Waals surface area contributed by atoms with E-state index in [1.54, 1.807) is 17.7 Å². The van der Waals surface area contributed by atoms with Crippen LogP contribution in [-0.2, 0) is 11.3 Å². The predicted octanol–water partition coefficient (Wildman–Crippen LogP) is 2.49. The molecule has 1 aliphatic carbocycles. The molecular weight excluding hydrogens is 240 g/mol. The van der Waals surface area contributed by atoms with E-state index in [9.17, 15) is 4.79 Å². The van der Waals surface area contributed by atoms with E-state index in [0.717, 1.165) is 18.2 Å². The van der Waals surface area contributed by atoms with Gasteiger partial charge in [0.1, 0.15) is 0 Å². The van der Waals surface area contributed by atoms with Crippen molar-refractivity contribution in [1.29, 1.82) is 0 Å². The van der Waals surface area contributed by atoms with E-state index in [4.69, 9.17) is 4.74 Å². The summed E-state index contributed by atoms with van der Waals surface area (Å²) in [6.45, 7) is 2.18. The zero-order chi connectivity index (χ0) is 13.5. The molecule has 19 heavy (non-hydrogen) atoms. The van der Waals surface area contributed by atoms with Crippen molar-refractivity contribution in [3.8, 4) is 0 Å². The standard InChI is InChI=1S/C15H24N2O2/c1-19-10-9-17-12-14(7-8-15(17)18)16-11-13-5-3-2-4-6-13/h7-8,12-13,16H,2-6,9-11H2,1H3. The summed E-state index contributed by atoms with van der Waals surface area (Å²) in [7, 11) is 1.65. The highest BCUT2D eigenvalue weighted by Gasteiger charge is 2.12. The number of ether oxygens (including phenoxy) is 1. The fourth-order valence-corrected chi connectivity index (χ4v) is 2.65. The summed E-state index contributed by atoms with van der Waals surface area (Å²) in [5.41, 5.74) is 1.06. The third-order valence-electron chi connectivity index (χ3n) is 3.84. The van der Waals surface area contributed by atoms with Gasteiger partial charge >= 0.3 is 0 Å². The highest BCUT2D eigenvalue weighted by Crippen LogP contribution is 2.23. The molecule has 1 N–H and O–H groups in total. The highest BCUT2D eigenvalue weighted by molar-refractivity contribution is 5.40. The summed E-state index contributed by atoms with van der Waals surface area (Å²) in [5.74, 6) is 0.785. The molecule has 1 fully saturated rings. The van der Waals surface area contributed by atoms with Crippen LogP contribution in [-0.4, -0.2) is 24.8 Å². The monoisotopic (exact) mass is 264 g/mol. The highest BCUT2D eigenvalue weighted by atomic mass is 16.5. The van der Waals surface area contributed by atoms with Crippen molar-refractivity contribution >= 4 is 5.69 Å². The van der Waals surface area contributed by atoms with Gasteiger partial charge in [0, 0.05) is 32.5 Å². The molecule has 4 heteroatoms. The molecule has 106 valence electrons. The molecule has 0 aliphatic heterocycles. The van der Waals surface area contributed by atoms with Crippen LogP contribution in [0.15, 0.2) is 23.1 Å². The summed E-state index contributed by atoms with van der Waals surface area (Å²) in [6, 6.07) is 3.49. The first-order chi connectivity index (χ1) is 9.29. The fourth-order valence-electron chi connectivity index (χ4n) is 2.65. The van der Waals surface area contributed by atoms with Crippen LogP contribution >= 0.6 is 0 Å². The van der Waals surface area contributed by atoms with Crippen molar-refractivity contribution in [3.63, 3.8) is 0 Å². The van der Waals surface area contributed by atoms with Gasteiger partial charge in [-0.15, -0.1) is 0 Å². The van der Waals surface area contributed by atoms with E-state index in [0.29, 0.717) is 13.2 Å². The van der Waals surface area contributed by atoms with Crippen LogP contribution in [0, 0.1) is 5.92 Å². The topological polar surface area (TPSA) is 43.3 Å². The molecule has 0 unspecified atom stereocenters. The zero-order valence-corrected chi connectivity index (χ0v) is 11.7. The number of hydrogen-bond acceptors (Lipinski definition) is 3. The maximum atomic E-state index is 11.7. The lowest BCUT2D eigenvalue weighted by Crippen LogP contribution is -2.22. The number of methoxy groups -OCH3 is 1. The summed E-state index contributed by atoms with van der Waals surface area (Å²) >= 11 is 0. The van der Waals surface area contributed by atoms with E-state index in [1.165, 1.54) is 32.1 Å². The van der Waals surface area contributed by atoms with Gasteiger partial charge in [-0.1, -0.05) is 19.3 Å². The zero-order valence-electron chi connectivity index (χ0n) is 11.7. The molecule has 4 nitrogen and oxygen atoms in total. The lowest BCUT2D eigenvalue weighted by Gasteiger charge is -2.22. The van der Waals surface area contributed by atoms with Crippen molar-refractivity contribution in [2.75, 3.05) is 25.6 Å². The van der Waals surface area contributed by atoms with Crippen LogP contribution in [0.25, 0.3) is 0 Å². The summed E-state index contributed by atoms with van der Waals surface area (Å²) in [6.07, 6.45) is 8.66. The number of aromatic nitrogens is 1. The number of anilines is 1. The Morgan fingerprint density at radius 1 is 1.32 bits per heavy atom. The van der Waals surface area contributed by atoms with Gasteiger partial charge in [-0.05, 0) is 24.8 Å². The molecule has 1 aromatic heterocycles. The SMILES string of the molecule is COCCn1cc(NCC2CCCCC2)ccc1=O. The first-order valence-corrected chi connectivity index (χ1v) is 7.23. The molecule has 0 atom stereocenters. The Morgan fingerprint density at radius 2 is 2.11 bits per heavy atom. The van der Waals surface area contributed by atoms with Gasteiger partial charge in [-0.2, -0.15) is 0 Å². The molecule has 2 rings (SSSR count). The van der Waals surface area contributed by atoms with E-state index < -0.39 is 0 Å². The molecule has 1 aromatic rings. The normalized spacial score (nSPS) is 16.5. The van der Waals surface area contributed by atoms with Crippen molar-refractivity contribution < 1.29 is 4.74 Å². The Kier molecular flexibility index (Phi) is 5.45. The van der Waals surface area contributed by atoms with Gasteiger partial charge in [0.2, 0.25) is 0 Å². The summed E-state index contributed by atoms with van der Waals surface area (Å²) in [5, 5.41) is 3.46. The van der Waals surface area contributed by atoms with E-state index >= 15 is 0 Å². The molecule has 1 heterocycles. The molecular formula is C15H24N2O2. The third-order valence-corrected chi connectivity index (χ3v) is 3.84. The lowest BCUT2D eigenvalue weighted by molar-refractivity contribution is 0.186. The van der Waals surface area contributed by atoms with Crippen LogP contribution in [0.2, 0.25) is 0 Å². The van der Waals surface area contributed by atoms with E-state index in [2.05, 4.69) is 5.32 Å². The second-order valence-corrected chi connectivity index (χ2v) is 5.33. The molecule has 1 saturated carbocycles. The van der Waals surface area contributed by atoms with Crippen LogP contribution in [0.3, 0.4) is 0 Å². The smallest absolute Gasteiger partial charge is 0.250 e. The van der Waals surface area contributed by atoms with Gasteiger partial charge in [0.05, 0.1) is 12.3 Å². The fraction of sp³-hybridized carbons (Fsp3) is 0.667. The maximum Gasteiger partial charge on any atom is 0.250 e. The van der Waals surface area contributed by atoms with Gasteiger partial charge in [-0.25, -0.2) is 0 Å². The number of nitrogens with one attached hydrogen (secondary N) is 1. The maximum absolute atomic E-state index is 11.7. The van der Waals surface area contributed by atoms with Crippen LogP contribution in [0.4, 0.5) is 5.69 Å². The molecule has 0 aromatic carbocycles. The summed E-state index contributed by atoms with van der Waals surface area (Å²) in [4.78, 5) is 11.7. The molecule has 0 spiro atoms. The Bertz CT molecular complexity index is 436. The largest absolute Gasteiger partial charge is 0.384 e. The van der Waals surface area contributed by atoms with Crippen LogP contribution < -0.4 is 10.9 Å². The van der Waals surface area contributed by atoms with Crippen molar-refractivity contribution in [2.24, 2.45) is 5.92 Å². The molecule has 0 bridgehead atoms. The van der Waals surface area contributed by atoms with Crippen LogP contribution in [0.5, 0.6) is 0 Å². The Balaban J connectivity index is 1.90. The van der Waals surface area contributed by atoms with Gasteiger partial charge in [0.15, 0.2) is 0 Å². The number of pyridine rings is 1. The third kappa shape index (κ3) is 4.39. The van der Waals surface area contributed by atoms with Gasteiger partial charge < -0.3 is 14.6 Å². The van der Waals surface area contributed by atoms with E-state index in [1.807, 2.05) is 12.3 Å². The predicted molar refractivity (Wildman–Crippen MR) is 77.6 cm³/mol. The first kappa shape index (κ1) is 14.1. The lowest BCUT2D eigenvalue weighted by atomic mass is 9.89. The number of hydrogen-bond donors (Lipinski definition) is 1. The minimum Gasteiger partial charge on any atom is -0.384 e. The Labute approximate surface area is 114 Å². The molecule has 0 radical (unpaired) electrons. The minimum absolute atomic E-state index is 0.0280. The minimum atomic E-state index is 0.0280. The average Bonchev–Trinajstić information content (AvgIpc) is 2.46. The van der Waals surface area contributed by atoms with Crippen molar-refractivity contribution in [1.82, 2.24) is 4.57 Å². The molecule has 0 saturated heterocycles. The Hall–Kier alpha value is -1.29. The van der Waals surface area contributed by atoms with Gasteiger partial charge in [0.25, 0.3) is 5.56 Å². The van der Waals surface area contributed by atoms with Crippen molar-refractivity contribution in [3.05, 3.63) is 28.7 Å². The Morgan fingerprint density at radius 3 is 2.84 bits per heavy atom. The molecule has 1 aliphatic rings. The van der Waals surface area contributed by atoms with Gasteiger partial charge in [-0.3, -0.25) is 4.79 Å². The number of rotatable bonds is 6. The second-order valence-electron chi connectivity index (χ2n) is 5.33. The van der Waals surface area contributed by atoms with E-state index in [-0.39, 0.29) is 5.56 Å². The van der Waals surface area contributed by atoms with Crippen LogP contribution in [0.1, 0.15) is 32.1 Å². The average molecular weight is 264 g/mol. The van der Waals surface area contributed by atoms with Crippen molar-refractivity contribution in [2.45, 2.75) is 38.6 Å². The first-order valence-electron chi connectivity index (χ1n) is 7.23. The quantitative estimate of drug-likeness (QED) is 0.858.